The van der Waals surface area contributed by atoms with Gasteiger partial charge in [-0.15, -0.1) is 6.58 Å². The smallest absolute Gasteiger partial charge is 0.303 e. The van der Waals surface area contributed by atoms with Gasteiger partial charge in [-0.1, -0.05) is 5.57 Å². The van der Waals surface area contributed by atoms with Crippen LogP contribution in [0.15, 0.2) is 12.2 Å². The summed E-state index contributed by atoms with van der Waals surface area (Å²) < 4.78 is 0. The predicted octanol–water partition coefficient (Wildman–Crippen LogP) is 1.87. The molecule has 0 aromatic rings. The first-order valence-corrected chi connectivity index (χ1v) is 6.10. The molecule has 0 aliphatic rings. The number of rotatable bonds is 3. The van der Waals surface area contributed by atoms with Gasteiger partial charge in [-0.3, -0.25) is 9.59 Å². The third-order valence-electron chi connectivity index (χ3n) is 0.553. The highest BCUT2D eigenvalue weighted by atomic mass is 16.4. The molecular formula is C14H32N2O4. The Morgan fingerprint density at radius 3 is 0.950 bits per heavy atom. The first-order chi connectivity index (χ1) is 8.82. The Morgan fingerprint density at radius 2 is 0.900 bits per heavy atom. The van der Waals surface area contributed by atoms with Crippen LogP contribution in [0.5, 0.6) is 0 Å². The van der Waals surface area contributed by atoms with Crippen LogP contribution in [0.1, 0.15) is 26.7 Å². The Balaban J connectivity index is -0.0000000917. The average molecular weight is 292 g/mol. The van der Waals surface area contributed by atoms with Crippen molar-refractivity contribution in [2.24, 2.45) is 0 Å². The molecule has 20 heavy (non-hydrogen) atoms. The van der Waals surface area contributed by atoms with Crippen molar-refractivity contribution in [2.45, 2.75) is 26.7 Å². The molecule has 0 aromatic heterocycles. The van der Waals surface area contributed by atoms with Gasteiger partial charge in [0.2, 0.25) is 0 Å². The molecular weight excluding hydrogens is 260 g/mol. The fraction of sp³-hybridized carbons (Fsp3) is 0.714. The Hall–Kier alpha value is -1.40. The van der Waals surface area contributed by atoms with Crippen LogP contribution in [0.25, 0.3) is 0 Å². The molecule has 0 heterocycles. The molecule has 0 aliphatic heterocycles. The number of aliphatic carboxylic acids is 2. The molecule has 0 saturated carbocycles. The van der Waals surface area contributed by atoms with Crippen molar-refractivity contribution in [3.8, 4) is 0 Å². The SMILES string of the molecule is C=C(C)C.CN(C)C.CN(C)C.O=C(O)CCC(=O)O. The Labute approximate surface area is 123 Å². The highest BCUT2D eigenvalue weighted by Crippen LogP contribution is 1.86. The van der Waals surface area contributed by atoms with E-state index in [9.17, 15) is 9.59 Å². The van der Waals surface area contributed by atoms with Crippen molar-refractivity contribution in [3.05, 3.63) is 12.2 Å². The molecule has 0 radical (unpaired) electrons. The van der Waals surface area contributed by atoms with E-state index in [4.69, 9.17) is 10.2 Å². The maximum atomic E-state index is 9.64. The van der Waals surface area contributed by atoms with Crippen LogP contribution in [0.4, 0.5) is 0 Å². The summed E-state index contributed by atoms with van der Waals surface area (Å²) in [5.41, 5.74) is 1.17. The molecule has 122 valence electrons. The zero-order valence-corrected chi connectivity index (χ0v) is 14.2. The van der Waals surface area contributed by atoms with Gasteiger partial charge < -0.3 is 20.0 Å². The maximum absolute atomic E-state index is 9.64. The summed E-state index contributed by atoms with van der Waals surface area (Å²) in [5.74, 6) is -2.15. The van der Waals surface area contributed by atoms with Crippen LogP contribution in [0.3, 0.4) is 0 Å². The average Bonchev–Trinajstić information content (AvgIpc) is 2.11. The lowest BCUT2D eigenvalue weighted by Crippen LogP contribution is -2.00. The van der Waals surface area contributed by atoms with Gasteiger partial charge in [-0.2, -0.15) is 0 Å². The van der Waals surface area contributed by atoms with Crippen LogP contribution >= 0.6 is 0 Å². The zero-order valence-electron chi connectivity index (χ0n) is 14.2. The second-order valence-corrected chi connectivity index (χ2v) is 5.18. The summed E-state index contributed by atoms with van der Waals surface area (Å²) >= 11 is 0. The van der Waals surface area contributed by atoms with E-state index in [0.29, 0.717) is 0 Å². The molecule has 0 bridgehead atoms. The number of carboxylic acid groups (broad SMARTS) is 2. The van der Waals surface area contributed by atoms with E-state index in [0.717, 1.165) is 0 Å². The second kappa shape index (κ2) is 19.9. The minimum absolute atomic E-state index is 0.296. The van der Waals surface area contributed by atoms with E-state index in [1.165, 1.54) is 5.57 Å². The van der Waals surface area contributed by atoms with Crippen molar-refractivity contribution >= 4 is 11.9 Å². The van der Waals surface area contributed by atoms with Gasteiger partial charge in [0.25, 0.3) is 0 Å². The minimum Gasteiger partial charge on any atom is -0.481 e. The number of nitrogens with zero attached hydrogens (tertiary/aromatic N) is 2. The fourth-order valence-electron chi connectivity index (χ4n) is 0.214. The minimum atomic E-state index is -1.08. The number of carbonyl (C=O) groups is 2. The molecule has 0 unspecified atom stereocenters. The summed E-state index contributed by atoms with van der Waals surface area (Å²) in [5, 5.41) is 15.8. The van der Waals surface area contributed by atoms with Gasteiger partial charge in [-0.25, -0.2) is 0 Å². The third kappa shape index (κ3) is 312. The first kappa shape index (κ1) is 27.0. The molecule has 0 aliphatic carbocycles. The predicted molar refractivity (Wildman–Crippen MR) is 84.2 cm³/mol. The van der Waals surface area contributed by atoms with Gasteiger partial charge in [-0.05, 0) is 56.1 Å². The van der Waals surface area contributed by atoms with Crippen LogP contribution in [-0.4, -0.2) is 74.2 Å². The van der Waals surface area contributed by atoms with Crippen molar-refractivity contribution in [1.82, 2.24) is 9.80 Å². The van der Waals surface area contributed by atoms with Gasteiger partial charge in [0, 0.05) is 0 Å². The quantitative estimate of drug-likeness (QED) is 0.773. The van der Waals surface area contributed by atoms with Gasteiger partial charge >= 0.3 is 11.9 Å². The number of carboxylic acids is 2. The summed E-state index contributed by atoms with van der Waals surface area (Å²) in [6, 6.07) is 0. The third-order valence-corrected chi connectivity index (χ3v) is 0.553. The first-order valence-electron chi connectivity index (χ1n) is 6.10. The van der Waals surface area contributed by atoms with Crippen LogP contribution < -0.4 is 0 Å². The van der Waals surface area contributed by atoms with E-state index in [-0.39, 0.29) is 12.8 Å². The Bertz CT molecular complexity index is 222. The van der Waals surface area contributed by atoms with Gasteiger partial charge in [0.1, 0.15) is 0 Å². The number of allylic oxidation sites excluding steroid dienone is 1. The van der Waals surface area contributed by atoms with Gasteiger partial charge in [0.15, 0.2) is 0 Å². The molecule has 6 nitrogen and oxygen atoms in total. The van der Waals surface area contributed by atoms with Crippen molar-refractivity contribution in [3.63, 3.8) is 0 Å². The van der Waals surface area contributed by atoms with Crippen molar-refractivity contribution in [2.75, 3.05) is 42.3 Å². The largest absolute Gasteiger partial charge is 0.481 e. The highest BCUT2D eigenvalue weighted by molar-refractivity contribution is 5.75. The molecule has 0 amide bonds. The van der Waals surface area contributed by atoms with E-state index in [1.807, 2.05) is 65.9 Å². The highest BCUT2D eigenvalue weighted by Gasteiger charge is 2.00. The molecule has 0 aromatic carbocycles. The molecule has 0 atom stereocenters. The van der Waals surface area contributed by atoms with Crippen LogP contribution in [0.2, 0.25) is 0 Å². The number of hydrogen-bond donors (Lipinski definition) is 2. The Morgan fingerprint density at radius 1 is 0.800 bits per heavy atom. The van der Waals surface area contributed by atoms with Crippen LogP contribution in [-0.2, 0) is 9.59 Å². The fourth-order valence-corrected chi connectivity index (χ4v) is 0.214. The lowest BCUT2D eigenvalue weighted by atomic mass is 10.3. The molecule has 0 rings (SSSR count). The summed E-state index contributed by atoms with van der Waals surface area (Å²) in [7, 11) is 12.0. The monoisotopic (exact) mass is 292 g/mol. The topological polar surface area (TPSA) is 81.1 Å². The van der Waals surface area contributed by atoms with E-state index in [1.54, 1.807) is 0 Å². The normalized spacial score (nSPS) is 8.30. The lowest BCUT2D eigenvalue weighted by molar-refractivity contribution is -0.143. The van der Waals surface area contributed by atoms with E-state index < -0.39 is 11.9 Å². The van der Waals surface area contributed by atoms with Crippen molar-refractivity contribution < 1.29 is 19.8 Å². The summed E-state index contributed by atoms with van der Waals surface area (Å²) in [4.78, 5) is 23.3. The van der Waals surface area contributed by atoms with E-state index in [2.05, 4.69) is 6.58 Å². The standard InChI is InChI=1S/C4H6O4.C4H8.2C3H9N/c5-3(6)1-2-4(7)8;3*1-4(2)3/h1-2H2,(H,5,6)(H,7,8);1H2,2-3H3;2*1-3H3. The van der Waals surface area contributed by atoms with Gasteiger partial charge in [0.05, 0.1) is 12.8 Å². The molecule has 0 fully saturated rings. The number of hydrogen-bond acceptors (Lipinski definition) is 4. The maximum Gasteiger partial charge on any atom is 0.303 e. The molecule has 0 spiro atoms. The van der Waals surface area contributed by atoms with Crippen molar-refractivity contribution in [1.29, 1.82) is 0 Å². The Kier molecular flexibility index (Phi) is 26.9. The summed E-state index contributed by atoms with van der Waals surface area (Å²) in [6.07, 6.45) is -0.593. The molecule has 0 saturated heterocycles. The summed E-state index contributed by atoms with van der Waals surface area (Å²) in [6.45, 7) is 7.50. The molecule has 2 N–H and O–H groups in total. The molecule has 6 heteroatoms. The lowest BCUT2D eigenvalue weighted by Gasteiger charge is -1.90. The van der Waals surface area contributed by atoms with Crippen LogP contribution in [0, 0.1) is 0 Å². The second-order valence-electron chi connectivity index (χ2n) is 5.18. The van der Waals surface area contributed by atoms with E-state index >= 15 is 0 Å². The zero-order chi connectivity index (χ0) is 17.3.